The van der Waals surface area contributed by atoms with Gasteiger partial charge in [-0.15, -0.1) is 11.8 Å². The molecular formula is C22H26N2O2S2. The molecule has 0 atom stereocenters. The predicted octanol–water partition coefficient (Wildman–Crippen LogP) is 4.26. The van der Waals surface area contributed by atoms with Crippen LogP contribution >= 0.6 is 23.5 Å². The van der Waals surface area contributed by atoms with Crippen LogP contribution in [-0.2, 0) is 15.3 Å². The minimum atomic E-state index is -0.0519. The zero-order valence-electron chi connectivity index (χ0n) is 16.1. The summed E-state index contributed by atoms with van der Waals surface area (Å²) in [5, 5.41) is 2.92. The number of carbonyl (C=O) groups excluding carboxylic acids is 2. The Balaban J connectivity index is 1.33. The van der Waals surface area contributed by atoms with Crippen molar-refractivity contribution in [2.45, 2.75) is 30.4 Å². The number of hydrogen-bond donors (Lipinski definition) is 1. The smallest absolute Gasteiger partial charge is 0.227 e. The number of hydrogen-bond acceptors (Lipinski definition) is 4. The van der Waals surface area contributed by atoms with Gasteiger partial charge >= 0.3 is 0 Å². The molecule has 0 unspecified atom stereocenters. The molecule has 0 fully saturated rings. The van der Waals surface area contributed by atoms with Gasteiger partial charge in [-0.1, -0.05) is 42.0 Å². The first-order valence-corrected chi connectivity index (χ1v) is 11.7. The van der Waals surface area contributed by atoms with E-state index in [0.717, 1.165) is 27.8 Å². The van der Waals surface area contributed by atoms with Crippen molar-refractivity contribution < 1.29 is 9.59 Å². The summed E-state index contributed by atoms with van der Waals surface area (Å²) in [6.07, 6.45) is 0.495. The van der Waals surface area contributed by atoms with Gasteiger partial charge in [-0.25, -0.2) is 0 Å². The largest absolute Gasteiger partial charge is 0.355 e. The Hall–Kier alpha value is -1.92. The van der Waals surface area contributed by atoms with E-state index in [4.69, 9.17) is 0 Å². The fourth-order valence-corrected chi connectivity index (χ4v) is 4.82. The fourth-order valence-electron chi connectivity index (χ4n) is 3.01. The van der Waals surface area contributed by atoms with E-state index >= 15 is 0 Å². The number of aryl methyl sites for hydroxylation is 1. The van der Waals surface area contributed by atoms with Gasteiger partial charge < -0.3 is 10.2 Å². The zero-order valence-corrected chi connectivity index (χ0v) is 17.8. The molecule has 2 aromatic rings. The van der Waals surface area contributed by atoms with Gasteiger partial charge in [0.1, 0.15) is 0 Å². The standard InChI is InChI=1S/C22H26N2O2S2/c1-17-6-8-18(9-7-17)16-27-14-12-23-21(25)10-11-22(26)24-13-15-28-20-5-3-2-4-19(20)24/h2-9H,10-16H2,1H3,(H,23,25). The molecule has 1 N–H and O–H groups in total. The summed E-state index contributed by atoms with van der Waals surface area (Å²) >= 11 is 3.57. The van der Waals surface area contributed by atoms with E-state index in [0.29, 0.717) is 13.1 Å². The van der Waals surface area contributed by atoms with Crippen molar-refractivity contribution in [2.75, 3.05) is 29.5 Å². The summed E-state index contributed by atoms with van der Waals surface area (Å²) in [7, 11) is 0. The number of rotatable bonds is 8. The second kappa shape index (κ2) is 10.6. The maximum Gasteiger partial charge on any atom is 0.227 e. The first kappa shape index (κ1) is 20.8. The second-order valence-electron chi connectivity index (χ2n) is 6.75. The van der Waals surface area contributed by atoms with Gasteiger partial charge in [-0.05, 0) is 24.6 Å². The molecule has 1 aliphatic heterocycles. The van der Waals surface area contributed by atoms with Crippen LogP contribution < -0.4 is 10.2 Å². The Morgan fingerprint density at radius 2 is 1.89 bits per heavy atom. The summed E-state index contributed by atoms with van der Waals surface area (Å²) in [6.45, 7) is 3.42. The Kier molecular flexibility index (Phi) is 7.86. The summed E-state index contributed by atoms with van der Waals surface area (Å²) in [6, 6.07) is 16.5. The van der Waals surface area contributed by atoms with Crippen LogP contribution in [-0.4, -0.2) is 36.4 Å². The van der Waals surface area contributed by atoms with Crippen LogP contribution in [0.2, 0.25) is 0 Å². The number of amides is 2. The normalized spacial score (nSPS) is 13.1. The highest BCUT2D eigenvalue weighted by Crippen LogP contribution is 2.34. The number of para-hydroxylation sites is 1. The fraction of sp³-hybridized carbons (Fsp3) is 0.364. The molecule has 6 heteroatoms. The predicted molar refractivity (Wildman–Crippen MR) is 119 cm³/mol. The van der Waals surface area contributed by atoms with Crippen molar-refractivity contribution in [1.82, 2.24) is 5.32 Å². The Morgan fingerprint density at radius 1 is 1.11 bits per heavy atom. The van der Waals surface area contributed by atoms with Crippen LogP contribution in [0.3, 0.4) is 0 Å². The summed E-state index contributed by atoms with van der Waals surface area (Å²) in [4.78, 5) is 27.6. The number of nitrogens with one attached hydrogen (secondary N) is 1. The van der Waals surface area contributed by atoms with E-state index in [2.05, 4.69) is 36.5 Å². The quantitative estimate of drug-likeness (QED) is 0.656. The first-order valence-electron chi connectivity index (χ1n) is 9.55. The summed E-state index contributed by atoms with van der Waals surface area (Å²) in [5.74, 6) is 2.68. The molecule has 0 spiro atoms. The molecule has 1 heterocycles. The Morgan fingerprint density at radius 3 is 2.71 bits per heavy atom. The van der Waals surface area contributed by atoms with Crippen LogP contribution in [0.1, 0.15) is 24.0 Å². The third-order valence-electron chi connectivity index (χ3n) is 4.55. The molecule has 3 rings (SSSR count). The lowest BCUT2D eigenvalue weighted by Gasteiger charge is -2.29. The lowest BCUT2D eigenvalue weighted by atomic mass is 10.2. The van der Waals surface area contributed by atoms with Crippen molar-refractivity contribution >= 4 is 41.0 Å². The maximum atomic E-state index is 12.6. The van der Waals surface area contributed by atoms with Crippen LogP contribution in [0.25, 0.3) is 0 Å². The van der Waals surface area contributed by atoms with Gasteiger partial charge in [0.15, 0.2) is 0 Å². The number of fused-ring (bicyclic) bond motifs is 1. The van der Waals surface area contributed by atoms with Gasteiger partial charge in [-0.3, -0.25) is 9.59 Å². The molecule has 2 amide bonds. The van der Waals surface area contributed by atoms with Gasteiger partial charge in [0.25, 0.3) is 0 Å². The molecule has 0 aromatic heterocycles. The van der Waals surface area contributed by atoms with Gasteiger partial charge in [0.2, 0.25) is 11.8 Å². The molecule has 0 saturated heterocycles. The number of anilines is 1. The molecule has 2 aromatic carbocycles. The number of nitrogens with zero attached hydrogens (tertiary/aromatic N) is 1. The molecular weight excluding hydrogens is 388 g/mol. The number of thioether (sulfide) groups is 2. The highest BCUT2D eigenvalue weighted by molar-refractivity contribution is 7.99. The number of benzene rings is 2. The van der Waals surface area contributed by atoms with Crippen LogP contribution in [0.15, 0.2) is 53.4 Å². The SMILES string of the molecule is Cc1ccc(CSCCNC(=O)CCC(=O)N2CCSc3ccccc32)cc1. The van der Waals surface area contributed by atoms with Crippen LogP contribution in [0, 0.1) is 6.92 Å². The average molecular weight is 415 g/mol. The van der Waals surface area contributed by atoms with E-state index < -0.39 is 0 Å². The van der Waals surface area contributed by atoms with E-state index in [1.807, 2.05) is 29.2 Å². The van der Waals surface area contributed by atoms with Crippen LogP contribution in [0.5, 0.6) is 0 Å². The maximum absolute atomic E-state index is 12.6. The van der Waals surface area contributed by atoms with Crippen molar-refractivity contribution in [3.8, 4) is 0 Å². The molecule has 148 valence electrons. The monoisotopic (exact) mass is 414 g/mol. The van der Waals surface area contributed by atoms with E-state index in [-0.39, 0.29) is 24.7 Å². The molecule has 4 nitrogen and oxygen atoms in total. The van der Waals surface area contributed by atoms with Gasteiger partial charge in [0, 0.05) is 48.1 Å². The number of carbonyl (C=O) groups is 2. The molecule has 0 saturated carbocycles. The lowest BCUT2D eigenvalue weighted by Crippen LogP contribution is -2.36. The van der Waals surface area contributed by atoms with Crippen molar-refractivity contribution in [3.05, 3.63) is 59.7 Å². The summed E-state index contributed by atoms with van der Waals surface area (Å²) in [5.41, 5.74) is 3.53. The zero-order chi connectivity index (χ0) is 19.8. The molecule has 0 radical (unpaired) electrons. The molecule has 0 aliphatic carbocycles. The highest BCUT2D eigenvalue weighted by atomic mass is 32.2. The van der Waals surface area contributed by atoms with Crippen LogP contribution in [0.4, 0.5) is 5.69 Å². The van der Waals surface area contributed by atoms with Gasteiger partial charge in [-0.2, -0.15) is 11.8 Å². The summed E-state index contributed by atoms with van der Waals surface area (Å²) < 4.78 is 0. The van der Waals surface area contributed by atoms with E-state index in [1.165, 1.54) is 11.1 Å². The second-order valence-corrected chi connectivity index (χ2v) is 8.99. The third-order valence-corrected chi connectivity index (χ3v) is 6.63. The van der Waals surface area contributed by atoms with E-state index in [1.54, 1.807) is 23.5 Å². The first-order chi connectivity index (χ1) is 13.6. The lowest BCUT2D eigenvalue weighted by molar-refractivity contribution is -0.125. The van der Waals surface area contributed by atoms with Crippen molar-refractivity contribution in [2.24, 2.45) is 0 Å². The topological polar surface area (TPSA) is 49.4 Å². The average Bonchev–Trinajstić information content (AvgIpc) is 2.72. The molecule has 1 aliphatic rings. The minimum absolute atomic E-state index is 0.0247. The van der Waals surface area contributed by atoms with Crippen molar-refractivity contribution in [3.63, 3.8) is 0 Å². The highest BCUT2D eigenvalue weighted by Gasteiger charge is 2.22. The van der Waals surface area contributed by atoms with Gasteiger partial charge in [0.05, 0.1) is 5.69 Å². The third kappa shape index (κ3) is 6.04. The Bertz CT molecular complexity index is 808. The van der Waals surface area contributed by atoms with E-state index in [9.17, 15) is 9.59 Å². The Labute approximate surface area is 175 Å². The minimum Gasteiger partial charge on any atom is -0.355 e. The molecule has 0 bridgehead atoms. The molecule has 28 heavy (non-hydrogen) atoms. The van der Waals surface area contributed by atoms with Crippen molar-refractivity contribution in [1.29, 1.82) is 0 Å².